The molecule has 2 rings (SSSR count). The number of hydrogen-bond acceptors (Lipinski definition) is 5. The van der Waals surface area contributed by atoms with Gasteiger partial charge >= 0.3 is 0 Å². The van der Waals surface area contributed by atoms with E-state index in [9.17, 15) is 4.79 Å². The Labute approximate surface area is 147 Å². The highest BCUT2D eigenvalue weighted by Gasteiger charge is 2.13. The van der Waals surface area contributed by atoms with Crippen molar-refractivity contribution >= 4 is 23.1 Å². The maximum atomic E-state index is 11.8. The summed E-state index contributed by atoms with van der Waals surface area (Å²) < 4.78 is 5.68. The minimum absolute atomic E-state index is 0.0319. The van der Waals surface area contributed by atoms with Crippen LogP contribution in [-0.4, -0.2) is 22.7 Å². The molecule has 2 aromatic rings. The molecule has 1 aromatic carbocycles. The number of amides is 1. The van der Waals surface area contributed by atoms with Crippen LogP contribution in [0.15, 0.2) is 36.5 Å². The van der Waals surface area contributed by atoms with Crippen molar-refractivity contribution in [2.45, 2.75) is 33.8 Å². The van der Waals surface area contributed by atoms with E-state index < -0.39 is 0 Å². The molecule has 1 amide bonds. The number of rotatable bonds is 6. The number of hydrogen-bond donors (Lipinski definition) is 3. The van der Waals surface area contributed by atoms with E-state index in [0.29, 0.717) is 28.4 Å². The zero-order valence-corrected chi connectivity index (χ0v) is 15.0. The molecule has 0 spiro atoms. The fourth-order valence-electron chi connectivity index (χ4n) is 2.18. The third-order valence-corrected chi connectivity index (χ3v) is 3.49. The second-order valence-corrected chi connectivity index (χ2v) is 6.36. The number of carbonyl (C=O) groups excluding carboxylic acids is 1. The first-order chi connectivity index (χ1) is 11.8. The highest BCUT2D eigenvalue weighted by molar-refractivity contribution is 6.14. The molecule has 0 aliphatic heterocycles. The van der Waals surface area contributed by atoms with Gasteiger partial charge in [-0.15, -0.1) is 0 Å². The Balaban J connectivity index is 2.30. The summed E-state index contributed by atoms with van der Waals surface area (Å²) in [4.78, 5) is 16.0. The average Bonchev–Trinajstić information content (AvgIpc) is 2.55. The molecule has 0 bridgehead atoms. The number of pyridine rings is 1. The van der Waals surface area contributed by atoms with E-state index in [1.165, 1.54) is 0 Å². The lowest BCUT2D eigenvalue weighted by molar-refractivity contribution is -0.118. The topological polar surface area (TPSA) is 101 Å². The molecule has 25 heavy (non-hydrogen) atoms. The molecule has 6 heteroatoms. The molecule has 0 aliphatic carbocycles. The quantitative estimate of drug-likeness (QED) is 0.553. The number of aromatic nitrogens is 1. The maximum absolute atomic E-state index is 11.8. The lowest BCUT2D eigenvalue weighted by Crippen LogP contribution is -2.19. The number of anilines is 2. The summed E-state index contributed by atoms with van der Waals surface area (Å²) in [5, 5.41) is 11.2. The first kappa shape index (κ1) is 18.4. The van der Waals surface area contributed by atoms with Gasteiger partial charge in [0.25, 0.3) is 0 Å². The molecule has 0 radical (unpaired) electrons. The van der Waals surface area contributed by atoms with Crippen LogP contribution < -0.4 is 15.8 Å². The summed E-state index contributed by atoms with van der Waals surface area (Å²) >= 11 is 0. The maximum Gasteiger partial charge on any atom is 0.228 e. The summed E-state index contributed by atoms with van der Waals surface area (Å²) in [7, 11) is 0. The zero-order valence-electron chi connectivity index (χ0n) is 15.0. The number of nitrogens with two attached hydrogens (primary N) is 1. The van der Waals surface area contributed by atoms with Gasteiger partial charge in [-0.25, -0.2) is 4.98 Å². The van der Waals surface area contributed by atoms with Gasteiger partial charge in [0.15, 0.2) is 0 Å². The van der Waals surface area contributed by atoms with Crippen molar-refractivity contribution < 1.29 is 9.53 Å². The van der Waals surface area contributed by atoms with Crippen LogP contribution in [0.1, 0.15) is 38.8 Å². The Hall–Kier alpha value is -2.89. The van der Waals surface area contributed by atoms with Crippen molar-refractivity contribution in [1.82, 2.24) is 4.98 Å². The van der Waals surface area contributed by atoms with E-state index in [2.05, 4.69) is 10.3 Å². The summed E-state index contributed by atoms with van der Waals surface area (Å²) in [6.45, 7) is 7.49. The van der Waals surface area contributed by atoms with Gasteiger partial charge in [0, 0.05) is 28.9 Å². The van der Waals surface area contributed by atoms with Gasteiger partial charge in [-0.2, -0.15) is 0 Å². The van der Waals surface area contributed by atoms with Crippen LogP contribution in [0.4, 0.5) is 11.5 Å². The first-order valence-electron chi connectivity index (χ1n) is 8.20. The van der Waals surface area contributed by atoms with Crippen molar-refractivity contribution in [3.63, 3.8) is 0 Å². The van der Waals surface area contributed by atoms with Crippen molar-refractivity contribution in [2.24, 2.45) is 5.92 Å². The minimum Gasteiger partial charge on any atom is -0.491 e. The molecule has 6 nitrogen and oxygen atoms in total. The van der Waals surface area contributed by atoms with Crippen molar-refractivity contribution in [3.8, 4) is 5.75 Å². The summed E-state index contributed by atoms with van der Waals surface area (Å²) in [5.41, 5.74) is 7.96. The molecule has 1 aromatic heterocycles. The summed E-state index contributed by atoms with van der Waals surface area (Å²) in [6.07, 6.45) is 1.59. The van der Waals surface area contributed by atoms with Gasteiger partial charge in [-0.3, -0.25) is 10.2 Å². The largest absolute Gasteiger partial charge is 0.491 e. The number of benzene rings is 1. The van der Waals surface area contributed by atoms with E-state index in [1.54, 1.807) is 36.5 Å². The molecular weight excluding hydrogens is 316 g/mol. The van der Waals surface area contributed by atoms with E-state index in [0.717, 1.165) is 0 Å². The van der Waals surface area contributed by atoms with E-state index in [4.69, 9.17) is 15.9 Å². The molecule has 0 saturated heterocycles. The third kappa shape index (κ3) is 4.79. The molecule has 1 heterocycles. The average molecular weight is 340 g/mol. The number of nitrogens with zero attached hydrogens (tertiary/aromatic N) is 1. The molecule has 132 valence electrons. The zero-order chi connectivity index (χ0) is 18.6. The lowest BCUT2D eigenvalue weighted by Gasteiger charge is -2.14. The second-order valence-electron chi connectivity index (χ2n) is 6.36. The molecular formula is C19H24N4O2. The standard InChI is InChI=1S/C19H24N4O2/c1-11(2)19(24)23-17-9-13(7-8-22-17)18(21)15-10-14(25-12(3)4)5-6-16(15)20/h5-12,21H,20H2,1-4H3,(H,22,23,24). The van der Waals surface area contributed by atoms with E-state index >= 15 is 0 Å². The Bertz CT molecular complexity index is 785. The first-order valence-corrected chi connectivity index (χ1v) is 8.20. The molecule has 4 N–H and O–H groups in total. The smallest absolute Gasteiger partial charge is 0.228 e. The predicted molar refractivity (Wildman–Crippen MR) is 100 cm³/mol. The van der Waals surface area contributed by atoms with Gasteiger partial charge in [0.1, 0.15) is 11.6 Å². The van der Waals surface area contributed by atoms with Crippen LogP contribution in [0.2, 0.25) is 0 Å². The minimum atomic E-state index is -0.148. The van der Waals surface area contributed by atoms with Gasteiger partial charge in [0.05, 0.1) is 11.8 Å². The molecule has 0 aliphatic rings. The number of carbonyl (C=O) groups is 1. The van der Waals surface area contributed by atoms with Gasteiger partial charge < -0.3 is 15.8 Å². The van der Waals surface area contributed by atoms with Crippen LogP contribution in [0.25, 0.3) is 0 Å². The summed E-state index contributed by atoms with van der Waals surface area (Å²) in [5.74, 6) is 0.800. The molecule has 0 unspecified atom stereocenters. The fourth-order valence-corrected chi connectivity index (χ4v) is 2.18. The van der Waals surface area contributed by atoms with Crippen LogP contribution in [0.3, 0.4) is 0 Å². The highest BCUT2D eigenvalue weighted by atomic mass is 16.5. The Morgan fingerprint density at radius 3 is 2.56 bits per heavy atom. The fraction of sp³-hybridized carbons (Fsp3) is 0.316. The van der Waals surface area contributed by atoms with Crippen LogP contribution in [0.5, 0.6) is 5.75 Å². The molecule has 0 saturated carbocycles. The Kier molecular flexibility index (Phi) is 5.75. The number of ether oxygens (including phenoxy) is 1. The van der Waals surface area contributed by atoms with Crippen molar-refractivity contribution in [3.05, 3.63) is 47.7 Å². The predicted octanol–water partition coefficient (Wildman–Crippen LogP) is 3.46. The van der Waals surface area contributed by atoms with Crippen LogP contribution in [-0.2, 0) is 4.79 Å². The summed E-state index contributed by atoms with van der Waals surface area (Å²) in [6, 6.07) is 8.64. The SMILES string of the molecule is CC(C)Oc1ccc(N)c(C(=N)c2ccnc(NC(=O)C(C)C)c2)c1. The van der Waals surface area contributed by atoms with Crippen LogP contribution >= 0.6 is 0 Å². The third-order valence-electron chi connectivity index (χ3n) is 3.49. The van der Waals surface area contributed by atoms with Gasteiger partial charge in [0.2, 0.25) is 5.91 Å². The lowest BCUT2D eigenvalue weighted by atomic mass is 10.0. The van der Waals surface area contributed by atoms with Crippen molar-refractivity contribution in [2.75, 3.05) is 11.1 Å². The Morgan fingerprint density at radius 2 is 1.92 bits per heavy atom. The Morgan fingerprint density at radius 1 is 1.20 bits per heavy atom. The van der Waals surface area contributed by atoms with Crippen LogP contribution in [0, 0.1) is 11.3 Å². The van der Waals surface area contributed by atoms with Gasteiger partial charge in [-0.05, 0) is 44.2 Å². The molecule has 0 atom stereocenters. The highest BCUT2D eigenvalue weighted by Crippen LogP contribution is 2.24. The van der Waals surface area contributed by atoms with E-state index in [1.807, 2.05) is 27.7 Å². The van der Waals surface area contributed by atoms with Crippen molar-refractivity contribution in [1.29, 1.82) is 5.41 Å². The van der Waals surface area contributed by atoms with Gasteiger partial charge in [-0.1, -0.05) is 13.8 Å². The monoisotopic (exact) mass is 340 g/mol. The number of nitrogens with one attached hydrogen (secondary N) is 2. The second kappa shape index (κ2) is 7.79. The molecule has 0 fully saturated rings. The number of nitrogen functional groups attached to an aromatic ring is 1. The normalized spacial score (nSPS) is 10.8. The van der Waals surface area contributed by atoms with E-state index in [-0.39, 0.29) is 23.6 Å².